The molecule has 1 unspecified atom stereocenters. The lowest BCUT2D eigenvalue weighted by Crippen LogP contribution is -2.09. The Morgan fingerprint density at radius 1 is 1.41 bits per heavy atom. The zero-order chi connectivity index (χ0) is 12.3. The molecule has 17 heavy (non-hydrogen) atoms. The van der Waals surface area contributed by atoms with Crippen molar-refractivity contribution in [1.29, 1.82) is 0 Å². The van der Waals surface area contributed by atoms with Gasteiger partial charge in [-0.1, -0.05) is 11.2 Å². The lowest BCUT2D eigenvalue weighted by atomic mass is 10.3. The van der Waals surface area contributed by atoms with Crippen molar-refractivity contribution in [3.8, 4) is 11.6 Å². The summed E-state index contributed by atoms with van der Waals surface area (Å²) in [6.07, 6.45) is 0.650. The van der Waals surface area contributed by atoms with Crippen LogP contribution in [0.4, 0.5) is 5.82 Å². The molecule has 2 aromatic rings. The molecule has 0 aliphatic heterocycles. The van der Waals surface area contributed by atoms with Crippen molar-refractivity contribution in [1.82, 2.24) is 15.1 Å². The normalized spacial score (nSPS) is 12.6. The lowest BCUT2D eigenvalue weighted by molar-refractivity contribution is 0.116. The molecule has 6 nitrogen and oxygen atoms in total. The number of nitrogens with zero attached hydrogens (tertiary/aromatic N) is 3. The second kappa shape index (κ2) is 4.92. The number of hydrogen-bond acceptors (Lipinski definition) is 6. The van der Waals surface area contributed by atoms with E-state index in [0.717, 1.165) is 0 Å². The first-order valence-electron chi connectivity index (χ1n) is 5.27. The van der Waals surface area contributed by atoms with E-state index in [-0.39, 0.29) is 6.10 Å². The minimum absolute atomic E-state index is 0.0502. The van der Waals surface area contributed by atoms with Gasteiger partial charge in [-0.15, -0.1) is 0 Å². The van der Waals surface area contributed by atoms with E-state index in [1.807, 2.05) is 6.92 Å². The van der Waals surface area contributed by atoms with Crippen LogP contribution in [0.25, 0.3) is 11.6 Å². The molecule has 0 aliphatic rings. The van der Waals surface area contributed by atoms with Gasteiger partial charge in [-0.25, -0.2) is 4.98 Å². The van der Waals surface area contributed by atoms with Crippen LogP contribution in [0.2, 0.25) is 0 Å². The van der Waals surface area contributed by atoms with Gasteiger partial charge in [0.1, 0.15) is 11.5 Å². The zero-order valence-corrected chi connectivity index (χ0v) is 9.75. The van der Waals surface area contributed by atoms with Gasteiger partial charge in [0.05, 0.1) is 6.10 Å². The standard InChI is InChI=1S/C11H14N4O2/c1-7(16-2)6-10-14-11(17-15-10)8-4-3-5-9(12)13-8/h3-5,7H,6H2,1-2H3,(H2,12,13). The molecule has 0 fully saturated rings. The maximum atomic E-state index is 5.58. The van der Waals surface area contributed by atoms with Crippen LogP contribution < -0.4 is 5.73 Å². The molecule has 0 amide bonds. The Hall–Kier alpha value is -1.95. The van der Waals surface area contributed by atoms with Gasteiger partial charge in [0, 0.05) is 13.5 Å². The summed E-state index contributed by atoms with van der Waals surface area (Å²) in [5.74, 6) is 1.39. The minimum Gasteiger partial charge on any atom is -0.384 e. The zero-order valence-electron chi connectivity index (χ0n) is 9.75. The Balaban J connectivity index is 2.18. The van der Waals surface area contributed by atoms with Crippen LogP contribution >= 0.6 is 0 Å². The second-order valence-corrected chi connectivity index (χ2v) is 3.71. The number of hydrogen-bond donors (Lipinski definition) is 1. The van der Waals surface area contributed by atoms with Crippen molar-refractivity contribution in [2.75, 3.05) is 12.8 Å². The van der Waals surface area contributed by atoms with Crippen molar-refractivity contribution < 1.29 is 9.26 Å². The predicted molar refractivity (Wildman–Crippen MR) is 62.1 cm³/mol. The van der Waals surface area contributed by atoms with Gasteiger partial charge in [-0.05, 0) is 19.1 Å². The fraction of sp³-hybridized carbons (Fsp3) is 0.364. The van der Waals surface area contributed by atoms with E-state index in [9.17, 15) is 0 Å². The number of methoxy groups -OCH3 is 1. The number of aromatic nitrogens is 3. The van der Waals surface area contributed by atoms with Gasteiger partial charge in [0.25, 0.3) is 5.89 Å². The first-order chi connectivity index (χ1) is 8.19. The molecule has 0 radical (unpaired) electrons. The molecule has 0 aromatic carbocycles. The first kappa shape index (κ1) is 11.5. The smallest absolute Gasteiger partial charge is 0.276 e. The molecule has 6 heteroatoms. The van der Waals surface area contributed by atoms with Crippen LogP contribution in [0.5, 0.6) is 0 Å². The quantitative estimate of drug-likeness (QED) is 0.857. The highest BCUT2D eigenvalue weighted by molar-refractivity contribution is 5.49. The summed E-state index contributed by atoms with van der Waals surface area (Å²) in [4.78, 5) is 8.34. The number of ether oxygens (including phenoxy) is 1. The van der Waals surface area contributed by atoms with Crippen LogP contribution in [0.15, 0.2) is 22.7 Å². The van der Waals surface area contributed by atoms with E-state index < -0.39 is 0 Å². The topological polar surface area (TPSA) is 87.1 Å². The third-order valence-corrected chi connectivity index (χ3v) is 2.33. The van der Waals surface area contributed by atoms with Crippen molar-refractivity contribution in [2.24, 2.45) is 0 Å². The van der Waals surface area contributed by atoms with Gasteiger partial charge >= 0.3 is 0 Å². The molecule has 1 atom stereocenters. The Labute approximate surface area is 98.8 Å². The molecule has 0 saturated carbocycles. The predicted octanol–water partition coefficient (Wildman–Crippen LogP) is 1.29. The second-order valence-electron chi connectivity index (χ2n) is 3.71. The highest BCUT2D eigenvalue weighted by atomic mass is 16.5. The number of anilines is 1. The van der Waals surface area contributed by atoms with Crippen LogP contribution in [0.1, 0.15) is 12.7 Å². The molecule has 90 valence electrons. The molecule has 0 spiro atoms. The van der Waals surface area contributed by atoms with E-state index in [2.05, 4.69) is 15.1 Å². The maximum absolute atomic E-state index is 5.58. The van der Waals surface area contributed by atoms with Crippen LogP contribution in [-0.2, 0) is 11.2 Å². The minimum atomic E-state index is 0.0502. The van der Waals surface area contributed by atoms with E-state index >= 15 is 0 Å². The Kier molecular flexibility index (Phi) is 3.34. The molecule has 0 bridgehead atoms. The fourth-order valence-corrected chi connectivity index (χ4v) is 1.35. The SMILES string of the molecule is COC(C)Cc1noc(-c2cccc(N)n2)n1. The van der Waals surface area contributed by atoms with E-state index in [0.29, 0.717) is 29.6 Å². The summed E-state index contributed by atoms with van der Waals surface area (Å²) < 4.78 is 10.2. The third-order valence-electron chi connectivity index (χ3n) is 2.33. The number of rotatable bonds is 4. The lowest BCUT2D eigenvalue weighted by Gasteiger charge is -2.03. The average Bonchev–Trinajstić information content (AvgIpc) is 2.77. The van der Waals surface area contributed by atoms with Crippen molar-refractivity contribution >= 4 is 5.82 Å². The highest BCUT2D eigenvalue weighted by Gasteiger charge is 2.12. The molecule has 2 aromatic heterocycles. The Bertz CT molecular complexity index is 498. The van der Waals surface area contributed by atoms with E-state index in [1.165, 1.54) is 0 Å². The fourth-order valence-electron chi connectivity index (χ4n) is 1.35. The Morgan fingerprint density at radius 3 is 2.94 bits per heavy atom. The monoisotopic (exact) mass is 234 g/mol. The third kappa shape index (κ3) is 2.79. The first-order valence-corrected chi connectivity index (χ1v) is 5.27. The molecule has 2 rings (SSSR count). The number of pyridine rings is 1. The number of nitrogens with two attached hydrogens (primary N) is 1. The molecule has 0 saturated heterocycles. The Morgan fingerprint density at radius 2 is 2.24 bits per heavy atom. The average molecular weight is 234 g/mol. The van der Waals surface area contributed by atoms with Gasteiger partial charge in [-0.3, -0.25) is 0 Å². The molecule has 2 heterocycles. The molecular weight excluding hydrogens is 220 g/mol. The van der Waals surface area contributed by atoms with Gasteiger partial charge in [0.15, 0.2) is 5.82 Å². The van der Waals surface area contributed by atoms with Crippen molar-refractivity contribution in [3.05, 3.63) is 24.0 Å². The largest absolute Gasteiger partial charge is 0.384 e. The van der Waals surface area contributed by atoms with Crippen molar-refractivity contribution in [3.63, 3.8) is 0 Å². The van der Waals surface area contributed by atoms with Crippen LogP contribution in [-0.4, -0.2) is 28.3 Å². The van der Waals surface area contributed by atoms with Crippen LogP contribution in [0, 0.1) is 0 Å². The van der Waals surface area contributed by atoms with Crippen LogP contribution in [0.3, 0.4) is 0 Å². The maximum Gasteiger partial charge on any atom is 0.276 e. The summed E-state index contributed by atoms with van der Waals surface area (Å²) in [5, 5.41) is 3.86. The summed E-state index contributed by atoms with van der Waals surface area (Å²) in [6, 6.07) is 5.26. The molecule has 0 aliphatic carbocycles. The van der Waals surface area contributed by atoms with Gasteiger partial charge < -0.3 is 15.0 Å². The summed E-state index contributed by atoms with van der Waals surface area (Å²) >= 11 is 0. The summed E-state index contributed by atoms with van der Waals surface area (Å²) in [5.41, 5.74) is 6.16. The summed E-state index contributed by atoms with van der Waals surface area (Å²) in [7, 11) is 1.64. The van der Waals surface area contributed by atoms with Gasteiger partial charge in [0.2, 0.25) is 0 Å². The molecular formula is C11H14N4O2. The van der Waals surface area contributed by atoms with Gasteiger partial charge in [-0.2, -0.15) is 4.98 Å². The highest BCUT2D eigenvalue weighted by Crippen LogP contribution is 2.16. The molecule has 2 N–H and O–H groups in total. The number of nitrogen functional groups attached to an aromatic ring is 1. The van der Waals surface area contributed by atoms with E-state index in [4.69, 9.17) is 15.0 Å². The summed E-state index contributed by atoms with van der Waals surface area (Å²) in [6.45, 7) is 1.94. The van der Waals surface area contributed by atoms with E-state index in [1.54, 1.807) is 25.3 Å². The van der Waals surface area contributed by atoms with Crippen molar-refractivity contribution in [2.45, 2.75) is 19.4 Å².